The van der Waals surface area contributed by atoms with Crippen molar-refractivity contribution in [2.45, 2.75) is 38.3 Å². The average molecular weight is 517 g/mol. The number of ether oxygens (including phenoxy) is 5. The summed E-state index contributed by atoms with van der Waals surface area (Å²) < 4.78 is 29.5. The van der Waals surface area contributed by atoms with Crippen molar-refractivity contribution in [3.63, 3.8) is 0 Å². The van der Waals surface area contributed by atoms with Crippen LogP contribution < -0.4 is 14.2 Å². The van der Waals surface area contributed by atoms with Crippen LogP contribution in [-0.2, 0) is 16.1 Å². The van der Waals surface area contributed by atoms with Crippen molar-refractivity contribution in [3.8, 4) is 23.0 Å². The van der Waals surface area contributed by atoms with Crippen LogP contribution in [0.15, 0.2) is 66.7 Å². The highest BCUT2D eigenvalue weighted by Gasteiger charge is 2.47. The van der Waals surface area contributed by atoms with E-state index in [2.05, 4.69) is 6.92 Å². The lowest BCUT2D eigenvalue weighted by molar-refractivity contribution is -0.141. The summed E-state index contributed by atoms with van der Waals surface area (Å²) in [5.74, 6) is 1.07. The van der Waals surface area contributed by atoms with Gasteiger partial charge in [-0.3, -0.25) is 4.79 Å². The maximum absolute atomic E-state index is 13.3. The molecule has 0 aromatic heterocycles. The van der Waals surface area contributed by atoms with Gasteiger partial charge in [0.25, 0.3) is 0 Å². The van der Waals surface area contributed by atoms with Gasteiger partial charge in [0.15, 0.2) is 5.78 Å². The van der Waals surface area contributed by atoms with Gasteiger partial charge in [0.2, 0.25) is 0 Å². The zero-order valence-electron chi connectivity index (χ0n) is 21.8. The first-order valence-corrected chi connectivity index (χ1v) is 12.7. The Morgan fingerprint density at radius 1 is 1.08 bits per heavy atom. The monoisotopic (exact) mass is 516 g/mol. The third-order valence-electron chi connectivity index (χ3n) is 7.05. The van der Waals surface area contributed by atoms with Crippen molar-refractivity contribution in [1.29, 1.82) is 0 Å². The zero-order chi connectivity index (χ0) is 26.6. The van der Waals surface area contributed by atoms with E-state index in [0.717, 1.165) is 23.3 Å². The second-order valence-electron chi connectivity index (χ2n) is 9.66. The van der Waals surface area contributed by atoms with Gasteiger partial charge in [-0.05, 0) is 41.7 Å². The number of phenols is 1. The standard InChI is InChI=1S/C31H32O7/c1-19-15-23(18-36-17-21-7-5-4-6-8-21)37-31-28-26(38-29(19)31)16-25(33)27(30(28)35-3)24(32)14-11-20-9-12-22(34-2)13-10-20/h4-14,16,19,23,29,31,33H,15,17-18H2,1-3H3/b14-11+/t19-,23-,29-,31?/m0/s1. The van der Waals surface area contributed by atoms with E-state index in [1.807, 2.05) is 54.6 Å². The maximum atomic E-state index is 13.3. The molecule has 2 aliphatic rings. The Morgan fingerprint density at radius 2 is 1.84 bits per heavy atom. The van der Waals surface area contributed by atoms with E-state index in [9.17, 15) is 9.90 Å². The first-order chi connectivity index (χ1) is 18.5. The minimum absolute atomic E-state index is 0.0824. The van der Waals surface area contributed by atoms with Gasteiger partial charge in [0, 0.05) is 6.07 Å². The van der Waals surface area contributed by atoms with Crippen molar-refractivity contribution in [3.05, 3.63) is 89.0 Å². The minimum atomic E-state index is -0.438. The number of carbonyl (C=O) groups excluding carboxylic acids is 1. The van der Waals surface area contributed by atoms with Crippen LogP contribution in [0.2, 0.25) is 0 Å². The molecule has 7 nitrogen and oxygen atoms in total. The molecule has 5 rings (SSSR count). The topological polar surface area (TPSA) is 83.5 Å². The predicted octanol–water partition coefficient (Wildman–Crippen LogP) is 5.75. The average Bonchev–Trinajstić information content (AvgIpc) is 3.30. The third-order valence-corrected chi connectivity index (χ3v) is 7.05. The minimum Gasteiger partial charge on any atom is -0.507 e. The van der Waals surface area contributed by atoms with E-state index < -0.39 is 6.10 Å². The van der Waals surface area contributed by atoms with Gasteiger partial charge in [-0.15, -0.1) is 0 Å². The fourth-order valence-electron chi connectivity index (χ4n) is 5.16. The van der Waals surface area contributed by atoms with Gasteiger partial charge in [0.05, 0.1) is 39.1 Å². The van der Waals surface area contributed by atoms with E-state index in [-0.39, 0.29) is 41.0 Å². The van der Waals surface area contributed by atoms with Crippen LogP contribution in [0, 0.1) is 5.92 Å². The van der Waals surface area contributed by atoms with Gasteiger partial charge in [0.1, 0.15) is 40.8 Å². The van der Waals surface area contributed by atoms with Crippen LogP contribution in [0.4, 0.5) is 0 Å². The Morgan fingerprint density at radius 3 is 2.55 bits per heavy atom. The lowest BCUT2D eigenvalue weighted by atomic mass is 9.87. The van der Waals surface area contributed by atoms with Crippen molar-refractivity contribution < 1.29 is 33.6 Å². The number of phenolic OH excluding ortho intramolecular Hbond substituents is 1. The summed E-state index contributed by atoms with van der Waals surface area (Å²) in [7, 11) is 3.08. The van der Waals surface area contributed by atoms with E-state index in [1.54, 1.807) is 13.2 Å². The molecule has 3 aromatic rings. The normalized spacial score (nSPS) is 22.0. The molecule has 0 spiro atoms. The molecule has 1 saturated heterocycles. The molecule has 0 amide bonds. The van der Waals surface area contributed by atoms with E-state index in [4.69, 9.17) is 23.7 Å². The van der Waals surface area contributed by atoms with E-state index >= 15 is 0 Å². The van der Waals surface area contributed by atoms with Gasteiger partial charge in [-0.1, -0.05) is 55.5 Å². The molecular weight excluding hydrogens is 484 g/mol. The Balaban J connectivity index is 1.36. The smallest absolute Gasteiger partial charge is 0.193 e. The van der Waals surface area contributed by atoms with Gasteiger partial charge in [-0.2, -0.15) is 0 Å². The third kappa shape index (κ3) is 5.26. The van der Waals surface area contributed by atoms with Crippen molar-refractivity contribution in [2.75, 3.05) is 20.8 Å². The number of hydrogen-bond acceptors (Lipinski definition) is 7. The molecule has 4 atom stereocenters. The van der Waals surface area contributed by atoms with Crippen LogP contribution in [0.1, 0.15) is 46.5 Å². The number of aromatic hydroxyl groups is 1. The molecule has 198 valence electrons. The Bertz CT molecular complexity index is 1300. The lowest BCUT2D eigenvalue weighted by Crippen LogP contribution is -2.40. The number of methoxy groups -OCH3 is 2. The van der Waals surface area contributed by atoms with Crippen molar-refractivity contribution in [1.82, 2.24) is 0 Å². The number of carbonyl (C=O) groups is 1. The molecule has 1 unspecified atom stereocenters. The number of hydrogen-bond donors (Lipinski definition) is 1. The molecule has 0 bridgehead atoms. The predicted molar refractivity (Wildman–Crippen MR) is 143 cm³/mol. The number of ketones is 1. The second-order valence-corrected chi connectivity index (χ2v) is 9.66. The highest BCUT2D eigenvalue weighted by atomic mass is 16.6. The lowest BCUT2D eigenvalue weighted by Gasteiger charge is -2.36. The van der Waals surface area contributed by atoms with Crippen LogP contribution in [-0.4, -0.2) is 43.9 Å². The largest absolute Gasteiger partial charge is 0.507 e. The Hall–Kier alpha value is -3.81. The SMILES string of the molecule is COc1ccc(/C=C/C(=O)c2c(O)cc3c(c2OC)C2O[C@H](COCc4ccccc4)C[C@H](C)[C@@H]2O3)cc1. The molecule has 1 N–H and O–H groups in total. The van der Waals surface area contributed by atoms with Gasteiger partial charge in [-0.25, -0.2) is 0 Å². The summed E-state index contributed by atoms with van der Waals surface area (Å²) in [6, 6.07) is 18.8. The molecule has 2 aliphatic heterocycles. The van der Waals surface area contributed by atoms with Crippen LogP contribution in [0.5, 0.6) is 23.0 Å². The molecule has 0 saturated carbocycles. The zero-order valence-corrected chi connectivity index (χ0v) is 21.8. The molecule has 7 heteroatoms. The fraction of sp³-hybridized carbons (Fsp3) is 0.323. The summed E-state index contributed by atoms with van der Waals surface area (Å²) in [4.78, 5) is 13.3. The number of fused-ring (bicyclic) bond motifs is 3. The first-order valence-electron chi connectivity index (χ1n) is 12.7. The van der Waals surface area contributed by atoms with Crippen LogP contribution in [0.3, 0.4) is 0 Å². The van der Waals surface area contributed by atoms with Crippen LogP contribution >= 0.6 is 0 Å². The summed E-state index contributed by atoms with van der Waals surface area (Å²) in [6.45, 7) is 3.06. The van der Waals surface area contributed by atoms with Gasteiger partial charge < -0.3 is 28.8 Å². The van der Waals surface area contributed by atoms with E-state index in [0.29, 0.717) is 24.5 Å². The Labute approximate surface area is 222 Å². The molecule has 0 aliphatic carbocycles. The number of benzene rings is 3. The molecular formula is C31H32O7. The molecule has 0 radical (unpaired) electrons. The Kier molecular flexibility index (Phi) is 7.67. The molecule has 38 heavy (non-hydrogen) atoms. The van der Waals surface area contributed by atoms with Crippen LogP contribution in [0.25, 0.3) is 6.08 Å². The quantitative estimate of drug-likeness (QED) is 0.286. The summed E-state index contributed by atoms with van der Waals surface area (Å²) >= 11 is 0. The van der Waals surface area contributed by atoms with Crippen molar-refractivity contribution >= 4 is 11.9 Å². The molecule has 3 aromatic carbocycles. The summed E-state index contributed by atoms with van der Waals surface area (Å²) in [6.07, 6.45) is 3.05. The highest BCUT2D eigenvalue weighted by molar-refractivity contribution is 6.11. The number of allylic oxidation sites excluding steroid dienone is 1. The first kappa shape index (κ1) is 25.8. The second kappa shape index (κ2) is 11.3. The van der Waals surface area contributed by atoms with Crippen molar-refractivity contribution in [2.24, 2.45) is 5.92 Å². The van der Waals surface area contributed by atoms with Gasteiger partial charge >= 0.3 is 0 Å². The summed E-state index contributed by atoms with van der Waals surface area (Å²) in [5, 5.41) is 10.8. The molecule has 2 heterocycles. The maximum Gasteiger partial charge on any atom is 0.193 e. The highest BCUT2D eigenvalue weighted by Crippen LogP contribution is 2.53. The molecule has 1 fully saturated rings. The number of rotatable bonds is 9. The fourth-order valence-corrected chi connectivity index (χ4v) is 5.16. The summed E-state index contributed by atoms with van der Waals surface area (Å²) in [5.41, 5.74) is 2.66. The van der Waals surface area contributed by atoms with E-state index in [1.165, 1.54) is 19.3 Å².